The Labute approximate surface area is 268 Å². The van der Waals surface area contributed by atoms with Crippen LogP contribution in [0, 0.1) is 6.92 Å². The maximum Gasteiger partial charge on any atom is 0.424 e. The second-order valence-electron chi connectivity index (χ2n) is 12.0. The van der Waals surface area contributed by atoms with Crippen LogP contribution in [0.4, 0.5) is 26.3 Å². The fraction of sp³-hybridized carbons (Fsp3) is 0.344. The van der Waals surface area contributed by atoms with E-state index in [0.717, 1.165) is 31.0 Å². The van der Waals surface area contributed by atoms with Gasteiger partial charge in [-0.15, -0.1) is 5.10 Å². The number of carbonyl (C=O) groups excluding carboxylic acids is 2. The summed E-state index contributed by atoms with van der Waals surface area (Å²) in [4.78, 5) is 29.8. The van der Waals surface area contributed by atoms with Crippen LogP contribution in [0.1, 0.15) is 52.6 Å². The smallest absolute Gasteiger partial charge is 0.424 e. The normalized spacial score (nSPS) is 18.9. The Morgan fingerprint density at radius 3 is 2.35 bits per heavy atom. The summed E-state index contributed by atoms with van der Waals surface area (Å²) >= 11 is 0. The van der Waals surface area contributed by atoms with Gasteiger partial charge in [-0.05, 0) is 63.1 Å². The molecule has 2 atom stereocenters. The third-order valence-electron chi connectivity index (χ3n) is 8.36. The van der Waals surface area contributed by atoms with E-state index >= 15 is 0 Å². The minimum absolute atomic E-state index is 0.0860. The van der Waals surface area contributed by atoms with Gasteiger partial charge in [-0.2, -0.15) is 31.4 Å². The molecule has 16 heteroatoms. The summed E-state index contributed by atoms with van der Waals surface area (Å²) in [7, 11) is 0. The van der Waals surface area contributed by atoms with Gasteiger partial charge in [0.2, 0.25) is 11.5 Å². The quantitative estimate of drug-likeness (QED) is 0.224. The SMILES string of the molecule is Cc1cc2cc(C(=O)NCC(O)(c3cc4c(c(-c5ccc(C(F)(F)F)cc5)n3)OC[C@]4(C)C(N)=O)C(F)(F)F)cc(OC3CC3)c2nn1. The van der Waals surface area contributed by atoms with Crippen molar-refractivity contribution in [3.05, 3.63) is 76.6 Å². The summed E-state index contributed by atoms with van der Waals surface area (Å²) in [6.45, 7) is 1.13. The van der Waals surface area contributed by atoms with Crippen LogP contribution in [0.3, 0.4) is 0 Å². The Hall–Kier alpha value is -4.99. The van der Waals surface area contributed by atoms with E-state index in [4.69, 9.17) is 15.2 Å². The first-order valence-corrected chi connectivity index (χ1v) is 14.6. The van der Waals surface area contributed by atoms with Crippen LogP contribution in [-0.2, 0) is 22.0 Å². The molecule has 0 radical (unpaired) electrons. The molecule has 0 spiro atoms. The zero-order chi connectivity index (χ0) is 34.8. The Morgan fingerprint density at radius 1 is 1.06 bits per heavy atom. The zero-order valence-corrected chi connectivity index (χ0v) is 25.3. The molecule has 1 fully saturated rings. The first-order valence-electron chi connectivity index (χ1n) is 14.6. The molecule has 1 saturated carbocycles. The van der Waals surface area contributed by atoms with Crippen LogP contribution in [-0.4, -0.2) is 57.5 Å². The van der Waals surface area contributed by atoms with Crippen molar-refractivity contribution in [1.82, 2.24) is 20.5 Å². The number of nitrogens with one attached hydrogen (secondary N) is 1. The predicted octanol–water partition coefficient (Wildman–Crippen LogP) is 4.88. The van der Waals surface area contributed by atoms with Crippen LogP contribution >= 0.6 is 0 Å². The molecule has 4 aromatic rings. The van der Waals surface area contributed by atoms with E-state index in [9.17, 15) is 41.0 Å². The number of carbonyl (C=O) groups is 2. The van der Waals surface area contributed by atoms with Gasteiger partial charge in [0.25, 0.3) is 5.91 Å². The zero-order valence-electron chi connectivity index (χ0n) is 25.3. The van der Waals surface area contributed by atoms with Gasteiger partial charge >= 0.3 is 12.4 Å². The third-order valence-corrected chi connectivity index (χ3v) is 8.36. The third kappa shape index (κ3) is 5.84. The van der Waals surface area contributed by atoms with Crippen molar-refractivity contribution in [3.8, 4) is 22.8 Å². The van der Waals surface area contributed by atoms with Gasteiger partial charge < -0.3 is 25.6 Å². The van der Waals surface area contributed by atoms with Crippen molar-refractivity contribution >= 4 is 22.7 Å². The summed E-state index contributed by atoms with van der Waals surface area (Å²) in [5.41, 5.74) is -1.90. The fourth-order valence-electron chi connectivity index (χ4n) is 5.27. The molecule has 0 saturated heterocycles. The molecular formula is C32H27F6N5O5. The number of hydrogen-bond acceptors (Lipinski definition) is 8. The number of fused-ring (bicyclic) bond motifs is 2. The Kier molecular flexibility index (Phi) is 7.76. The molecule has 10 nitrogen and oxygen atoms in total. The highest BCUT2D eigenvalue weighted by atomic mass is 19.4. The van der Waals surface area contributed by atoms with Gasteiger partial charge in [0.15, 0.2) is 0 Å². The molecule has 1 aliphatic carbocycles. The van der Waals surface area contributed by atoms with Crippen LogP contribution in [0.15, 0.2) is 48.5 Å². The molecule has 0 bridgehead atoms. The topological polar surface area (TPSA) is 150 Å². The minimum atomic E-state index is -5.46. The number of halogens is 6. The van der Waals surface area contributed by atoms with Gasteiger partial charge in [0, 0.05) is 22.1 Å². The second-order valence-corrected chi connectivity index (χ2v) is 12.0. The predicted molar refractivity (Wildman–Crippen MR) is 157 cm³/mol. The van der Waals surface area contributed by atoms with Gasteiger partial charge in [0.1, 0.15) is 34.7 Å². The molecule has 4 N–H and O–H groups in total. The summed E-state index contributed by atoms with van der Waals surface area (Å²) in [5.74, 6) is -1.94. The molecular weight excluding hydrogens is 648 g/mol. The Morgan fingerprint density at radius 2 is 1.75 bits per heavy atom. The van der Waals surface area contributed by atoms with Crippen molar-refractivity contribution in [1.29, 1.82) is 0 Å². The van der Waals surface area contributed by atoms with Crippen molar-refractivity contribution in [2.75, 3.05) is 13.2 Å². The van der Waals surface area contributed by atoms with E-state index < -0.39 is 59.6 Å². The first kappa shape index (κ1) is 32.9. The number of pyridine rings is 1. The number of nitrogens with two attached hydrogens (primary N) is 1. The lowest BCUT2D eigenvalue weighted by Gasteiger charge is -2.31. The molecule has 1 unspecified atom stereocenters. The number of aryl methyl sites for hydroxylation is 1. The van der Waals surface area contributed by atoms with E-state index in [2.05, 4.69) is 20.5 Å². The summed E-state index contributed by atoms with van der Waals surface area (Å²) < 4.78 is 95.6. The number of benzene rings is 2. The summed E-state index contributed by atoms with van der Waals surface area (Å²) in [6, 6.07) is 8.49. The second kappa shape index (κ2) is 11.3. The monoisotopic (exact) mass is 675 g/mol. The van der Waals surface area contributed by atoms with E-state index in [-0.39, 0.29) is 40.0 Å². The number of ether oxygens (including phenoxy) is 2. The van der Waals surface area contributed by atoms with Crippen molar-refractivity contribution in [2.24, 2.45) is 5.73 Å². The Bertz CT molecular complexity index is 1950. The number of rotatable bonds is 8. The maximum absolute atomic E-state index is 14.8. The lowest BCUT2D eigenvalue weighted by molar-refractivity contribution is -0.265. The molecule has 2 aromatic heterocycles. The van der Waals surface area contributed by atoms with Crippen molar-refractivity contribution < 1.29 is 50.5 Å². The van der Waals surface area contributed by atoms with E-state index in [0.29, 0.717) is 28.7 Å². The average Bonchev–Trinajstić information content (AvgIpc) is 3.77. The molecule has 2 amide bonds. The highest BCUT2D eigenvalue weighted by Gasteiger charge is 2.57. The number of amides is 2. The van der Waals surface area contributed by atoms with Gasteiger partial charge in [-0.1, -0.05) is 12.1 Å². The summed E-state index contributed by atoms with van der Waals surface area (Å²) in [5, 5.41) is 22.0. The molecule has 2 aromatic carbocycles. The lowest BCUT2D eigenvalue weighted by atomic mass is 9.81. The highest BCUT2D eigenvalue weighted by molar-refractivity contribution is 6.00. The first-order chi connectivity index (χ1) is 22.4. The largest absolute Gasteiger partial charge is 0.489 e. The van der Waals surface area contributed by atoms with Crippen LogP contribution in [0.2, 0.25) is 0 Å². The maximum atomic E-state index is 14.8. The number of primary amides is 1. The standard InChI is InChI=1S/C32H27F6N5O5/c1-15-9-17-10-18(11-22(24(17)43-42-15)48-20-7-8-20)27(44)40-13-30(46,32(36,37)38)23-12-21-26(47-14-29(21,2)28(39)45)25(41-23)16-3-5-19(6-4-16)31(33,34)35/h3-6,9-12,20,46H,7-8,13-14H2,1-2H3,(H2,39,45)(H,40,44)/t29-,30?/m0/s1. The van der Waals surface area contributed by atoms with E-state index in [1.165, 1.54) is 19.1 Å². The van der Waals surface area contributed by atoms with E-state index in [1.807, 2.05) is 0 Å². The number of aromatic nitrogens is 3. The lowest BCUT2D eigenvalue weighted by Crippen LogP contribution is -2.51. The number of hydrogen-bond donors (Lipinski definition) is 3. The van der Waals surface area contributed by atoms with Gasteiger partial charge in [-0.25, -0.2) is 4.98 Å². The van der Waals surface area contributed by atoms with Crippen LogP contribution in [0.25, 0.3) is 22.2 Å². The summed E-state index contributed by atoms with van der Waals surface area (Å²) in [6.07, 6.45) is -8.72. The van der Waals surface area contributed by atoms with E-state index in [1.54, 1.807) is 13.0 Å². The Balaban J connectivity index is 1.41. The molecule has 6 rings (SSSR count). The number of alkyl halides is 6. The number of nitrogens with zero attached hydrogens (tertiary/aromatic N) is 3. The van der Waals surface area contributed by atoms with Crippen LogP contribution < -0.4 is 20.5 Å². The van der Waals surface area contributed by atoms with Crippen molar-refractivity contribution in [2.45, 2.75) is 56.2 Å². The van der Waals surface area contributed by atoms with Crippen molar-refractivity contribution in [3.63, 3.8) is 0 Å². The molecule has 252 valence electrons. The van der Waals surface area contributed by atoms with Gasteiger partial charge in [-0.3, -0.25) is 9.59 Å². The highest BCUT2D eigenvalue weighted by Crippen LogP contribution is 2.48. The average molecular weight is 676 g/mol. The fourth-order valence-corrected chi connectivity index (χ4v) is 5.27. The number of aliphatic hydroxyl groups is 1. The molecule has 3 heterocycles. The molecule has 1 aliphatic heterocycles. The molecule has 48 heavy (non-hydrogen) atoms. The molecule has 2 aliphatic rings. The minimum Gasteiger partial charge on any atom is -0.489 e. The van der Waals surface area contributed by atoms with Gasteiger partial charge in [0.05, 0.1) is 29.6 Å². The van der Waals surface area contributed by atoms with Crippen LogP contribution in [0.5, 0.6) is 11.5 Å².